The molecule has 2 aromatic carbocycles. The van der Waals surface area contributed by atoms with E-state index in [1.54, 1.807) is 19.4 Å². The molecular weight excluding hydrogens is 334 g/mol. The van der Waals surface area contributed by atoms with Crippen LogP contribution in [-0.2, 0) is 6.54 Å². The first kappa shape index (κ1) is 15.9. The number of nitrogens with one attached hydrogen (secondary N) is 1. The molecule has 0 radical (unpaired) electrons. The van der Waals surface area contributed by atoms with Gasteiger partial charge in [-0.3, -0.25) is 10.1 Å². The zero-order valence-electron chi connectivity index (χ0n) is 13.9. The van der Waals surface area contributed by atoms with Gasteiger partial charge < -0.3 is 14.5 Å². The summed E-state index contributed by atoms with van der Waals surface area (Å²) in [6, 6.07) is 14.1. The van der Waals surface area contributed by atoms with Crippen LogP contribution in [0.1, 0.15) is 5.56 Å². The van der Waals surface area contributed by atoms with E-state index in [1.807, 2.05) is 30.3 Å². The van der Waals surface area contributed by atoms with Crippen LogP contribution in [0.2, 0.25) is 0 Å². The first-order chi connectivity index (χ1) is 12.7. The molecule has 26 heavy (non-hydrogen) atoms. The van der Waals surface area contributed by atoms with E-state index in [0.29, 0.717) is 23.2 Å². The molecule has 7 nitrogen and oxygen atoms in total. The van der Waals surface area contributed by atoms with Crippen molar-refractivity contribution < 1.29 is 14.1 Å². The summed E-state index contributed by atoms with van der Waals surface area (Å²) < 4.78 is 11.0. The maximum atomic E-state index is 11.1. The first-order valence-corrected chi connectivity index (χ1v) is 7.98. The Morgan fingerprint density at radius 2 is 2.12 bits per heavy atom. The number of nitro groups is 1. The number of anilines is 1. The van der Waals surface area contributed by atoms with E-state index in [4.69, 9.17) is 9.15 Å². The van der Waals surface area contributed by atoms with Crippen LogP contribution in [0, 0.1) is 10.1 Å². The fourth-order valence-corrected chi connectivity index (χ4v) is 2.93. The molecule has 0 bridgehead atoms. The van der Waals surface area contributed by atoms with Crippen molar-refractivity contribution in [3.05, 3.63) is 70.4 Å². The average molecular weight is 349 g/mol. The number of hydrogen-bond acceptors (Lipinski definition) is 6. The topological polar surface area (TPSA) is 90.4 Å². The highest BCUT2D eigenvalue weighted by atomic mass is 16.6. The summed E-state index contributed by atoms with van der Waals surface area (Å²) in [5, 5.41) is 15.8. The lowest BCUT2D eigenvalue weighted by atomic mass is 10.1. The van der Waals surface area contributed by atoms with Crippen molar-refractivity contribution in [3.63, 3.8) is 0 Å². The summed E-state index contributed by atoms with van der Waals surface area (Å²) in [7, 11) is 1.63. The normalized spacial score (nSPS) is 11.0. The molecule has 0 aliphatic rings. The number of nitrogens with zero attached hydrogens (tertiary/aromatic N) is 2. The molecule has 4 rings (SSSR count). The largest absolute Gasteiger partial charge is 0.497 e. The van der Waals surface area contributed by atoms with Gasteiger partial charge in [-0.25, -0.2) is 4.98 Å². The molecule has 2 aromatic heterocycles. The number of non-ortho nitro benzene ring substituents is 1. The molecule has 0 fully saturated rings. The highest BCUT2D eigenvalue weighted by Gasteiger charge is 2.16. The smallest absolute Gasteiger partial charge is 0.270 e. The Hall–Kier alpha value is -3.61. The number of aromatic nitrogens is 1. The van der Waals surface area contributed by atoms with Crippen molar-refractivity contribution in [1.29, 1.82) is 0 Å². The van der Waals surface area contributed by atoms with Crippen LogP contribution >= 0.6 is 0 Å². The van der Waals surface area contributed by atoms with Gasteiger partial charge in [-0.15, -0.1) is 0 Å². The lowest BCUT2D eigenvalue weighted by molar-refractivity contribution is -0.384. The predicted octanol–water partition coefficient (Wildman–Crippen LogP) is 4.51. The minimum absolute atomic E-state index is 0.0165. The summed E-state index contributed by atoms with van der Waals surface area (Å²) in [6.45, 7) is 0.567. The fraction of sp³-hybridized carbons (Fsp3) is 0.105. The number of furan rings is 1. The van der Waals surface area contributed by atoms with Gasteiger partial charge in [-0.1, -0.05) is 12.1 Å². The monoisotopic (exact) mass is 349 g/mol. The summed E-state index contributed by atoms with van der Waals surface area (Å²) in [5.74, 6) is 0.786. The summed E-state index contributed by atoms with van der Waals surface area (Å²) in [6.07, 6.45) is 1.65. The molecule has 0 saturated carbocycles. The lowest BCUT2D eigenvalue weighted by Gasteiger charge is -2.08. The summed E-state index contributed by atoms with van der Waals surface area (Å²) in [4.78, 5) is 14.9. The number of methoxy groups -OCH3 is 1. The molecule has 7 heteroatoms. The Kier molecular flexibility index (Phi) is 3.89. The zero-order chi connectivity index (χ0) is 18.1. The van der Waals surface area contributed by atoms with Crippen molar-refractivity contribution in [3.8, 4) is 5.75 Å². The van der Waals surface area contributed by atoms with Crippen LogP contribution in [0.5, 0.6) is 5.75 Å². The third-order valence-corrected chi connectivity index (χ3v) is 4.18. The molecule has 4 aromatic rings. The quantitative estimate of drug-likeness (QED) is 0.421. The first-order valence-electron chi connectivity index (χ1n) is 7.98. The van der Waals surface area contributed by atoms with E-state index < -0.39 is 4.92 Å². The number of nitro benzene ring substituents is 1. The third-order valence-electron chi connectivity index (χ3n) is 4.18. The van der Waals surface area contributed by atoms with Gasteiger partial charge in [0.25, 0.3) is 5.69 Å². The van der Waals surface area contributed by atoms with Crippen molar-refractivity contribution in [2.24, 2.45) is 0 Å². The van der Waals surface area contributed by atoms with Gasteiger partial charge in [0.05, 0.1) is 17.4 Å². The SMILES string of the molecule is COc1cccc(CNc2ccnc3oc4ccc([N+](=O)[O-])cc4c23)c1. The number of pyridine rings is 1. The molecule has 0 unspecified atom stereocenters. The number of hydrogen-bond donors (Lipinski definition) is 1. The molecule has 0 spiro atoms. The molecule has 0 atom stereocenters. The second-order valence-corrected chi connectivity index (χ2v) is 5.78. The van der Waals surface area contributed by atoms with Crippen molar-refractivity contribution in [2.45, 2.75) is 6.54 Å². The van der Waals surface area contributed by atoms with Gasteiger partial charge in [-0.05, 0) is 29.8 Å². The Bertz CT molecular complexity index is 1120. The predicted molar refractivity (Wildman–Crippen MR) is 98.5 cm³/mol. The van der Waals surface area contributed by atoms with Crippen molar-refractivity contribution in [1.82, 2.24) is 4.98 Å². The second-order valence-electron chi connectivity index (χ2n) is 5.78. The minimum Gasteiger partial charge on any atom is -0.497 e. The molecule has 0 aliphatic carbocycles. The van der Waals surface area contributed by atoms with Crippen LogP contribution in [0.3, 0.4) is 0 Å². The number of fused-ring (bicyclic) bond motifs is 3. The van der Waals surface area contributed by atoms with Crippen LogP contribution in [0.15, 0.2) is 59.1 Å². The molecule has 0 saturated heterocycles. The maximum absolute atomic E-state index is 11.1. The molecule has 0 amide bonds. The highest BCUT2D eigenvalue weighted by molar-refractivity contribution is 6.10. The van der Waals surface area contributed by atoms with E-state index in [0.717, 1.165) is 22.4 Å². The van der Waals surface area contributed by atoms with E-state index in [2.05, 4.69) is 10.3 Å². The number of rotatable bonds is 5. The van der Waals surface area contributed by atoms with E-state index in [-0.39, 0.29) is 5.69 Å². The zero-order valence-corrected chi connectivity index (χ0v) is 13.9. The van der Waals surface area contributed by atoms with Crippen LogP contribution < -0.4 is 10.1 Å². The fourth-order valence-electron chi connectivity index (χ4n) is 2.93. The average Bonchev–Trinajstić information content (AvgIpc) is 3.04. The van der Waals surface area contributed by atoms with Crippen molar-refractivity contribution >= 4 is 33.4 Å². The molecule has 0 aliphatic heterocycles. The Labute approximate surface area is 148 Å². The summed E-state index contributed by atoms with van der Waals surface area (Å²) in [5.41, 5.74) is 2.87. The molecule has 2 heterocycles. The second kappa shape index (κ2) is 6.36. The van der Waals surface area contributed by atoms with E-state index >= 15 is 0 Å². The van der Waals surface area contributed by atoms with Gasteiger partial charge in [0.15, 0.2) is 0 Å². The van der Waals surface area contributed by atoms with Gasteiger partial charge >= 0.3 is 0 Å². The van der Waals surface area contributed by atoms with Crippen LogP contribution in [0.25, 0.3) is 22.1 Å². The van der Waals surface area contributed by atoms with Crippen molar-refractivity contribution in [2.75, 3.05) is 12.4 Å². The number of ether oxygens (including phenoxy) is 1. The Morgan fingerprint density at radius 1 is 1.23 bits per heavy atom. The van der Waals surface area contributed by atoms with Crippen LogP contribution in [-0.4, -0.2) is 17.0 Å². The maximum Gasteiger partial charge on any atom is 0.270 e. The van der Waals surface area contributed by atoms with Crippen LogP contribution in [0.4, 0.5) is 11.4 Å². The molecule has 130 valence electrons. The Balaban J connectivity index is 1.75. The van der Waals surface area contributed by atoms with E-state index in [1.165, 1.54) is 12.1 Å². The molecular formula is C19H15N3O4. The standard InChI is InChI=1S/C19H15N3O4/c1-25-14-4-2-3-12(9-14)11-21-16-7-8-20-19-18(16)15-10-13(22(23)24)5-6-17(15)26-19/h2-10H,11H2,1H3,(H,20,21). The number of benzene rings is 2. The van der Waals surface area contributed by atoms with Gasteiger partial charge in [-0.2, -0.15) is 0 Å². The minimum atomic E-state index is -0.419. The Morgan fingerprint density at radius 3 is 2.92 bits per heavy atom. The van der Waals surface area contributed by atoms with E-state index in [9.17, 15) is 10.1 Å². The van der Waals surface area contributed by atoms with Gasteiger partial charge in [0.2, 0.25) is 5.71 Å². The van der Waals surface area contributed by atoms with Gasteiger partial charge in [0, 0.05) is 35.9 Å². The third kappa shape index (κ3) is 2.79. The highest BCUT2D eigenvalue weighted by Crippen LogP contribution is 2.35. The molecule has 1 N–H and O–H groups in total. The van der Waals surface area contributed by atoms with Gasteiger partial charge in [0.1, 0.15) is 11.3 Å². The summed E-state index contributed by atoms with van der Waals surface area (Å²) >= 11 is 0. The lowest BCUT2D eigenvalue weighted by Crippen LogP contribution is -2.00.